The van der Waals surface area contributed by atoms with Crippen molar-refractivity contribution in [3.05, 3.63) is 52.6 Å². The number of rotatable bonds is 5. The molecule has 0 spiro atoms. The minimum atomic E-state index is -4.13. The van der Waals surface area contributed by atoms with Crippen molar-refractivity contribution < 1.29 is 17.8 Å². The number of fused-ring (bicyclic) bond motifs is 1. The van der Waals surface area contributed by atoms with Crippen molar-refractivity contribution >= 4 is 27.2 Å². The first-order valence-corrected chi connectivity index (χ1v) is 9.24. The molecule has 0 aliphatic heterocycles. The summed E-state index contributed by atoms with van der Waals surface area (Å²) < 4.78 is 31.5. The molecule has 10 heteroatoms. The minimum Gasteiger partial charge on any atom is -0.351 e. The van der Waals surface area contributed by atoms with Crippen LogP contribution in [0.15, 0.2) is 41.3 Å². The first-order chi connectivity index (χ1) is 12.2. The monoisotopic (exact) mass is 376 g/mol. The van der Waals surface area contributed by atoms with E-state index in [1.165, 1.54) is 4.57 Å². The van der Waals surface area contributed by atoms with Crippen molar-refractivity contribution in [2.24, 2.45) is 7.05 Å². The Morgan fingerprint density at radius 3 is 2.81 bits per heavy atom. The number of aryl methyl sites for hydroxylation is 1. The zero-order valence-electron chi connectivity index (χ0n) is 13.8. The third kappa shape index (κ3) is 3.81. The van der Waals surface area contributed by atoms with Gasteiger partial charge in [-0.25, -0.2) is 9.78 Å². The molecule has 0 saturated heterocycles. The number of H-pyrrole nitrogens is 1. The predicted molar refractivity (Wildman–Crippen MR) is 95.5 cm³/mol. The van der Waals surface area contributed by atoms with Gasteiger partial charge in [-0.05, 0) is 23.8 Å². The molecule has 0 fully saturated rings. The molecule has 136 valence electrons. The Morgan fingerprint density at radius 1 is 1.31 bits per heavy atom. The summed E-state index contributed by atoms with van der Waals surface area (Å²) in [6, 6.07) is 8.49. The van der Waals surface area contributed by atoms with Gasteiger partial charge < -0.3 is 5.32 Å². The lowest BCUT2D eigenvalue weighted by Gasteiger charge is -2.07. The van der Waals surface area contributed by atoms with Crippen LogP contribution in [0, 0.1) is 0 Å². The second-order valence-corrected chi connectivity index (χ2v) is 7.28. The normalized spacial score (nSPS) is 11.6. The lowest BCUT2D eigenvalue weighted by molar-refractivity contribution is 0.0956. The van der Waals surface area contributed by atoms with E-state index in [2.05, 4.69) is 15.3 Å². The van der Waals surface area contributed by atoms with Gasteiger partial charge in [0, 0.05) is 30.9 Å². The second-order valence-electron chi connectivity index (χ2n) is 5.70. The molecule has 0 saturated carbocycles. The standard InChI is InChI=1S/C16H16N4O5S/c1-20-13-8-12(9-18-14(13)19-16(20)22)10-3-2-4-11(7-10)15(21)17-5-6-26(23,24)25/h2-4,7-9H,5-6H2,1H3,(H,17,21)(H,18,19,22)(H,23,24,25). The van der Waals surface area contributed by atoms with Crippen molar-refractivity contribution in [1.82, 2.24) is 19.9 Å². The molecule has 26 heavy (non-hydrogen) atoms. The third-order valence-electron chi connectivity index (χ3n) is 3.86. The fourth-order valence-corrected chi connectivity index (χ4v) is 2.85. The van der Waals surface area contributed by atoms with Gasteiger partial charge in [0.25, 0.3) is 16.0 Å². The van der Waals surface area contributed by atoms with E-state index < -0.39 is 21.8 Å². The molecule has 3 N–H and O–H groups in total. The summed E-state index contributed by atoms with van der Waals surface area (Å²) in [6.45, 7) is -0.194. The van der Waals surface area contributed by atoms with Gasteiger partial charge in [0.05, 0.1) is 11.3 Å². The lowest BCUT2D eigenvalue weighted by atomic mass is 10.0. The summed E-state index contributed by atoms with van der Waals surface area (Å²) in [4.78, 5) is 30.6. The zero-order chi connectivity index (χ0) is 18.9. The summed E-state index contributed by atoms with van der Waals surface area (Å²) >= 11 is 0. The maximum Gasteiger partial charge on any atom is 0.327 e. The Labute approximate surface area is 148 Å². The van der Waals surface area contributed by atoms with E-state index >= 15 is 0 Å². The van der Waals surface area contributed by atoms with E-state index in [9.17, 15) is 18.0 Å². The molecule has 9 nitrogen and oxygen atoms in total. The highest BCUT2D eigenvalue weighted by Gasteiger charge is 2.11. The number of amides is 1. The van der Waals surface area contributed by atoms with Crippen molar-refractivity contribution in [3.8, 4) is 11.1 Å². The number of hydrogen-bond acceptors (Lipinski definition) is 5. The summed E-state index contributed by atoms with van der Waals surface area (Å²) in [5.74, 6) is -1.01. The molecule has 0 aliphatic rings. The van der Waals surface area contributed by atoms with Gasteiger partial charge in [0.15, 0.2) is 5.65 Å². The topological polar surface area (TPSA) is 134 Å². The molecule has 3 rings (SSSR count). The maximum atomic E-state index is 12.1. The fourth-order valence-electron chi connectivity index (χ4n) is 2.49. The first kappa shape index (κ1) is 17.8. The minimum absolute atomic E-state index is 0.194. The highest BCUT2D eigenvalue weighted by Crippen LogP contribution is 2.22. The number of carbonyl (C=O) groups is 1. The molecular formula is C16H16N4O5S. The molecule has 1 aromatic carbocycles. The second kappa shape index (κ2) is 6.73. The Morgan fingerprint density at radius 2 is 2.08 bits per heavy atom. The Hall–Kier alpha value is -2.98. The lowest BCUT2D eigenvalue weighted by Crippen LogP contribution is -2.28. The van der Waals surface area contributed by atoms with E-state index in [1.807, 2.05) is 0 Å². The summed E-state index contributed by atoms with van der Waals surface area (Å²) in [7, 11) is -2.50. The van der Waals surface area contributed by atoms with Gasteiger partial charge in [0.2, 0.25) is 0 Å². The van der Waals surface area contributed by atoms with Gasteiger partial charge in [-0.3, -0.25) is 18.9 Å². The van der Waals surface area contributed by atoms with E-state index in [0.29, 0.717) is 16.7 Å². The number of hydrogen-bond donors (Lipinski definition) is 3. The third-order valence-corrected chi connectivity index (χ3v) is 4.58. The molecular weight excluding hydrogens is 360 g/mol. The Kier molecular flexibility index (Phi) is 4.62. The average Bonchev–Trinajstić information content (AvgIpc) is 2.88. The van der Waals surface area contributed by atoms with Gasteiger partial charge in [-0.15, -0.1) is 0 Å². The quantitative estimate of drug-likeness (QED) is 0.557. The van der Waals surface area contributed by atoms with Crippen LogP contribution in [-0.4, -0.2) is 45.7 Å². The molecule has 3 aromatic rings. The SMILES string of the molecule is Cn1c(=O)[nH]c2ncc(-c3cccc(C(=O)NCCS(=O)(=O)O)c3)cc21. The van der Waals surface area contributed by atoms with Crippen LogP contribution in [0.2, 0.25) is 0 Å². The zero-order valence-corrected chi connectivity index (χ0v) is 14.6. The number of nitrogens with one attached hydrogen (secondary N) is 2. The van der Waals surface area contributed by atoms with E-state index in [0.717, 1.165) is 11.1 Å². The van der Waals surface area contributed by atoms with Crippen LogP contribution in [0.3, 0.4) is 0 Å². The number of aromatic amines is 1. The van der Waals surface area contributed by atoms with Gasteiger partial charge in [-0.2, -0.15) is 8.42 Å². The van der Waals surface area contributed by atoms with E-state index in [4.69, 9.17) is 4.55 Å². The van der Waals surface area contributed by atoms with Crippen LogP contribution < -0.4 is 11.0 Å². The summed E-state index contributed by atoms with van der Waals surface area (Å²) in [6.07, 6.45) is 1.59. The number of imidazole rings is 1. The number of pyridine rings is 1. The molecule has 0 bridgehead atoms. The molecule has 1 amide bonds. The molecule has 0 radical (unpaired) electrons. The van der Waals surface area contributed by atoms with Gasteiger partial charge in [0.1, 0.15) is 0 Å². The molecule has 0 aliphatic carbocycles. The highest BCUT2D eigenvalue weighted by molar-refractivity contribution is 7.85. The number of benzene rings is 1. The van der Waals surface area contributed by atoms with Crippen molar-refractivity contribution in [1.29, 1.82) is 0 Å². The summed E-state index contributed by atoms with van der Waals surface area (Å²) in [5, 5.41) is 2.43. The molecule has 0 atom stereocenters. The van der Waals surface area contributed by atoms with Crippen molar-refractivity contribution in [2.45, 2.75) is 0 Å². The fraction of sp³-hybridized carbons (Fsp3) is 0.188. The number of aromatic nitrogens is 3. The first-order valence-electron chi connectivity index (χ1n) is 7.63. The van der Waals surface area contributed by atoms with Crippen LogP contribution >= 0.6 is 0 Å². The molecule has 2 aromatic heterocycles. The van der Waals surface area contributed by atoms with Crippen LogP contribution in [0.1, 0.15) is 10.4 Å². The average molecular weight is 376 g/mol. The number of nitrogens with zero attached hydrogens (tertiary/aromatic N) is 2. The largest absolute Gasteiger partial charge is 0.351 e. The molecule has 0 unspecified atom stereocenters. The predicted octanol–water partition coefficient (Wildman–Crippen LogP) is 0.546. The highest BCUT2D eigenvalue weighted by atomic mass is 32.2. The number of carbonyl (C=O) groups excluding carboxylic acids is 1. The van der Waals surface area contributed by atoms with Crippen LogP contribution in [0.25, 0.3) is 22.3 Å². The Bertz CT molecular complexity index is 1150. The van der Waals surface area contributed by atoms with Crippen LogP contribution in [0.4, 0.5) is 0 Å². The maximum absolute atomic E-state index is 12.1. The molecule has 2 heterocycles. The van der Waals surface area contributed by atoms with Crippen molar-refractivity contribution in [3.63, 3.8) is 0 Å². The van der Waals surface area contributed by atoms with Gasteiger partial charge >= 0.3 is 5.69 Å². The van der Waals surface area contributed by atoms with E-state index in [1.54, 1.807) is 43.6 Å². The van der Waals surface area contributed by atoms with Crippen molar-refractivity contribution in [2.75, 3.05) is 12.3 Å². The Balaban J connectivity index is 1.86. The van der Waals surface area contributed by atoms with Crippen LogP contribution in [-0.2, 0) is 17.2 Å². The smallest absolute Gasteiger partial charge is 0.327 e. The van der Waals surface area contributed by atoms with Crippen LogP contribution in [0.5, 0.6) is 0 Å². The summed E-state index contributed by atoms with van der Waals surface area (Å²) in [5.41, 5.74) is 2.61. The van der Waals surface area contributed by atoms with Gasteiger partial charge in [-0.1, -0.05) is 12.1 Å². The van der Waals surface area contributed by atoms with E-state index in [-0.39, 0.29) is 12.2 Å².